The Labute approximate surface area is 128 Å². The average molecular weight is 301 g/mol. The molecular weight excluding hydrogens is 282 g/mol. The Bertz CT molecular complexity index is 704. The number of ether oxygens (including phenoxy) is 1. The molecule has 0 bridgehead atoms. The van der Waals surface area contributed by atoms with Gasteiger partial charge in [-0.05, 0) is 32.4 Å². The van der Waals surface area contributed by atoms with E-state index in [0.717, 1.165) is 22.7 Å². The molecule has 22 heavy (non-hydrogen) atoms. The molecule has 1 atom stereocenters. The van der Waals surface area contributed by atoms with E-state index in [1.807, 2.05) is 26.8 Å². The van der Waals surface area contributed by atoms with Crippen molar-refractivity contribution in [3.8, 4) is 5.75 Å². The van der Waals surface area contributed by atoms with Gasteiger partial charge in [0.1, 0.15) is 11.5 Å². The number of fused-ring (bicyclic) bond motifs is 1. The number of amides is 1. The van der Waals surface area contributed by atoms with Crippen LogP contribution in [0.3, 0.4) is 0 Å². The minimum Gasteiger partial charge on any atom is -0.478 e. The Kier molecular flexibility index (Phi) is 3.52. The van der Waals surface area contributed by atoms with Crippen LogP contribution in [0.2, 0.25) is 0 Å². The number of carbonyl (C=O) groups is 1. The van der Waals surface area contributed by atoms with E-state index in [1.54, 1.807) is 17.0 Å². The zero-order chi connectivity index (χ0) is 15.9. The lowest BCUT2D eigenvalue weighted by Gasteiger charge is -2.34. The first-order valence-electron chi connectivity index (χ1n) is 7.30. The molecule has 116 valence electrons. The maximum Gasteiger partial charge on any atom is 0.268 e. The Morgan fingerprint density at radius 1 is 1.36 bits per heavy atom. The number of carbonyl (C=O) groups excluding carboxylic acids is 1. The number of benzene rings is 1. The van der Waals surface area contributed by atoms with E-state index in [4.69, 9.17) is 15.0 Å². The third-order valence-electron chi connectivity index (χ3n) is 3.95. The monoisotopic (exact) mass is 301 g/mol. The first-order valence-corrected chi connectivity index (χ1v) is 7.30. The standard InChI is InChI=1S/C16H19N3O3/c1-4-14-16(20)19(8-12-9(2)18-22-10(12)3)13-6-5-11(17)7-15(13)21-14/h5-7,14H,4,8,17H2,1-3H3. The van der Waals surface area contributed by atoms with Crippen LogP contribution in [-0.4, -0.2) is 17.2 Å². The van der Waals surface area contributed by atoms with Crippen molar-refractivity contribution >= 4 is 17.3 Å². The quantitative estimate of drug-likeness (QED) is 0.881. The van der Waals surface area contributed by atoms with Crippen LogP contribution < -0.4 is 15.4 Å². The third kappa shape index (κ3) is 2.30. The maximum absolute atomic E-state index is 12.7. The van der Waals surface area contributed by atoms with Crippen LogP contribution in [0.1, 0.15) is 30.4 Å². The molecule has 1 aromatic carbocycles. The number of nitrogens with zero attached hydrogens (tertiary/aromatic N) is 2. The highest BCUT2D eigenvalue weighted by Crippen LogP contribution is 2.37. The van der Waals surface area contributed by atoms with E-state index in [9.17, 15) is 4.79 Å². The number of aromatic nitrogens is 1. The van der Waals surface area contributed by atoms with Crippen molar-refractivity contribution in [1.29, 1.82) is 0 Å². The highest BCUT2D eigenvalue weighted by Gasteiger charge is 2.34. The van der Waals surface area contributed by atoms with Crippen LogP contribution in [0.15, 0.2) is 22.7 Å². The van der Waals surface area contributed by atoms with Crippen molar-refractivity contribution in [2.45, 2.75) is 39.8 Å². The summed E-state index contributed by atoms with van der Waals surface area (Å²) in [6, 6.07) is 5.33. The van der Waals surface area contributed by atoms with Gasteiger partial charge in [-0.1, -0.05) is 12.1 Å². The fourth-order valence-corrected chi connectivity index (χ4v) is 2.65. The normalized spacial score (nSPS) is 17.3. The number of hydrogen-bond acceptors (Lipinski definition) is 5. The lowest BCUT2D eigenvalue weighted by molar-refractivity contribution is -0.126. The molecule has 0 fully saturated rings. The molecule has 0 saturated carbocycles. The molecule has 0 saturated heterocycles. The van der Waals surface area contributed by atoms with Gasteiger partial charge in [0.25, 0.3) is 5.91 Å². The van der Waals surface area contributed by atoms with Crippen LogP contribution in [0.25, 0.3) is 0 Å². The lowest BCUT2D eigenvalue weighted by atomic mass is 10.1. The van der Waals surface area contributed by atoms with E-state index < -0.39 is 6.10 Å². The fraction of sp³-hybridized carbons (Fsp3) is 0.375. The number of nitrogens with two attached hydrogens (primary N) is 1. The molecule has 6 nitrogen and oxygen atoms in total. The SMILES string of the molecule is CCC1Oc2cc(N)ccc2N(Cc2c(C)noc2C)C1=O. The Hall–Kier alpha value is -2.50. The molecule has 0 spiro atoms. The van der Waals surface area contributed by atoms with Gasteiger partial charge in [0, 0.05) is 17.3 Å². The fourth-order valence-electron chi connectivity index (χ4n) is 2.65. The molecule has 0 aliphatic carbocycles. The third-order valence-corrected chi connectivity index (χ3v) is 3.95. The van der Waals surface area contributed by atoms with E-state index in [-0.39, 0.29) is 5.91 Å². The Morgan fingerprint density at radius 2 is 2.14 bits per heavy atom. The van der Waals surface area contributed by atoms with E-state index in [1.165, 1.54) is 0 Å². The van der Waals surface area contributed by atoms with Gasteiger partial charge in [-0.3, -0.25) is 4.79 Å². The number of anilines is 2. The number of aryl methyl sites for hydroxylation is 2. The smallest absolute Gasteiger partial charge is 0.268 e. The minimum atomic E-state index is -0.491. The van der Waals surface area contributed by atoms with Gasteiger partial charge in [0.05, 0.1) is 17.9 Å². The zero-order valence-corrected chi connectivity index (χ0v) is 12.9. The molecular formula is C16H19N3O3. The summed E-state index contributed by atoms with van der Waals surface area (Å²) in [5, 5.41) is 3.95. The highest BCUT2D eigenvalue weighted by molar-refractivity contribution is 6.00. The molecule has 1 unspecified atom stereocenters. The highest BCUT2D eigenvalue weighted by atomic mass is 16.5. The summed E-state index contributed by atoms with van der Waals surface area (Å²) in [6.07, 6.45) is 0.111. The second-order valence-corrected chi connectivity index (χ2v) is 5.47. The van der Waals surface area contributed by atoms with Crippen molar-refractivity contribution in [3.63, 3.8) is 0 Å². The van der Waals surface area contributed by atoms with Crippen molar-refractivity contribution < 1.29 is 14.1 Å². The predicted octanol–water partition coefficient (Wildman–Crippen LogP) is 2.58. The second-order valence-electron chi connectivity index (χ2n) is 5.47. The van der Waals surface area contributed by atoms with E-state index in [2.05, 4.69) is 5.16 Å². The molecule has 1 aromatic heterocycles. The summed E-state index contributed by atoms with van der Waals surface area (Å²) >= 11 is 0. The van der Waals surface area contributed by atoms with Gasteiger partial charge in [-0.15, -0.1) is 0 Å². The first-order chi connectivity index (χ1) is 10.5. The van der Waals surface area contributed by atoms with Crippen LogP contribution in [0.5, 0.6) is 5.75 Å². The van der Waals surface area contributed by atoms with Gasteiger partial charge in [0.2, 0.25) is 0 Å². The van der Waals surface area contributed by atoms with Crippen LogP contribution >= 0.6 is 0 Å². The van der Waals surface area contributed by atoms with Gasteiger partial charge in [0.15, 0.2) is 6.10 Å². The van der Waals surface area contributed by atoms with Gasteiger partial charge in [-0.25, -0.2) is 0 Å². The van der Waals surface area contributed by atoms with Crippen molar-refractivity contribution in [1.82, 2.24) is 5.16 Å². The minimum absolute atomic E-state index is 0.0558. The number of nitrogen functional groups attached to an aromatic ring is 1. The van der Waals surface area contributed by atoms with Gasteiger partial charge in [-0.2, -0.15) is 0 Å². The molecule has 6 heteroatoms. The molecule has 1 aliphatic rings. The number of hydrogen-bond donors (Lipinski definition) is 1. The molecule has 0 radical (unpaired) electrons. The largest absolute Gasteiger partial charge is 0.478 e. The molecule has 3 rings (SSSR count). The molecule has 1 aliphatic heterocycles. The summed E-state index contributed by atoms with van der Waals surface area (Å²) in [6.45, 7) is 6.06. The summed E-state index contributed by atoms with van der Waals surface area (Å²) in [5.41, 5.74) is 8.88. The lowest BCUT2D eigenvalue weighted by Crippen LogP contribution is -2.45. The van der Waals surface area contributed by atoms with Crippen molar-refractivity contribution in [2.75, 3.05) is 10.6 Å². The van der Waals surface area contributed by atoms with E-state index in [0.29, 0.717) is 24.4 Å². The summed E-state index contributed by atoms with van der Waals surface area (Å²) in [5.74, 6) is 1.31. The van der Waals surface area contributed by atoms with Crippen molar-refractivity contribution in [3.05, 3.63) is 35.2 Å². The van der Waals surface area contributed by atoms with Crippen molar-refractivity contribution in [2.24, 2.45) is 0 Å². The van der Waals surface area contributed by atoms with Crippen LogP contribution in [0.4, 0.5) is 11.4 Å². The summed E-state index contributed by atoms with van der Waals surface area (Å²) < 4.78 is 11.0. The molecule has 1 amide bonds. The molecule has 2 heterocycles. The second kappa shape index (κ2) is 5.36. The van der Waals surface area contributed by atoms with Crippen LogP contribution in [-0.2, 0) is 11.3 Å². The maximum atomic E-state index is 12.7. The van der Waals surface area contributed by atoms with E-state index >= 15 is 0 Å². The topological polar surface area (TPSA) is 81.6 Å². The van der Waals surface area contributed by atoms with Gasteiger partial charge < -0.3 is 19.9 Å². The molecule has 2 aromatic rings. The summed E-state index contributed by atoms with van der Waals surface area (Å²) in [7, 11) is 0. The number of rotatable bonds is 3. The molecule has 2 N–H and O–H groups in total. The average Bonchev–Trinajstić information content (AvgIpc) is 2.81. The Balaban J connectivity index is 2.03. The first kappa shape index (κ1) is 14.4. The summed E-state index contributed by atoms with van der Waals surface area (Å²) in [4.78, 5) is 14.4. The van der Waals surface area contributed by atoms with Crippen LogP contribution in [0, 0.1) is 13.8 Å². The predicted molar refractivity (Wildman–Crippen MR) is 82.7 cm³/mol. The zero-order valence-electron chi connectivity index (χ0n) is 12.9. The van der Waals surface area contributed by atoms with Gasteiger partial charge >= 0.3 is 0 Å². The Morgan fingerprint density at radius 3 is 2.77 bits per heavy atom.